The van der Waals surface area contributed by atoms with Crippen LogP contribution in [0.3, 0.4) is 0 Å². The Morgan fingerprint density at radius 2 is 1.22 bits per heavy atom. The van der Waals surface area contributed by atoms with Crippen LogP contribution >= 0.6 is 0 Å². The molecule has 0 aromatic heterocycles. The van der Waals surface area contributed by atoms with Gasteiger partial charge in [0, 0.05) is 0 Å². The Kier molecular flexibility index (Phi) is 3.92. The molecule has 0 aromatic rings. The zero-order valence-electron chi connectivity index (χ0n) is 9.59. The standard InChI is InChI=1S/C10H13F7O/c1-2-3-4-5-6-18-10(17)8(13,14)7(11,12)9(10,15)16/h2-6H2,1H3. The first-order chi connectivity index (χ1) is 8.06. The first-order valence-corrected chi connectivity index (χ1v) is 5.52. The summed E-state index contributed by atoms with van der Waals surface area (Å²) in [7, 11) is 0. The van der Waals surface area contributed by atoms with E-state index in [0.717, 1.165) is 6.42 Å². The Labute approximate surface area is 99.3 Å². The van der Waals surface area contributed by atoms with Gasteiger partial charge in [0.05, 0.1) is 6.61 Å². The first-order valence-electron chi connectivity index (χ1n) is 5.52. The fourth-order valence-electron chi connectivity index (χ4n) is 1.66. The number of unbranched alkanes of at least 4 members (excludes halogenated alkanes) is 3. The fraction of sp³-hybridized carbons (Fsp3) is 1.00. The maximum Gasteiger partial charge on any atom is 0.384 e. The van der Waals surface area contributed by atoms with Crippen molar-refractivity contribution < 1.29 is 35.5 Å². The van der Waals surface area contributed by atoms with E-state index in [-0.39, 0.29) is 6.42 Å². The maximum atomic E-state index is 13.3. The van der Waals surface area contributed by atoms with Crippen molar-refractivity contribution in [2.24, 2.45) is 0 Å². The van der Waals surface area contributed by atoms with Gasteiger partial charge in [0.15, 0.2) is 0 Å². The zero-order chi connectivity index (χ0) is 14.2. The van der Waals surface area contributed by atoms with Crippen LogP contribution < -0.4 is 0 Å². The molecule has 0 aromatic carbocycles. The van der Waals surface area contributed by atoms with Gasteiger partial charge in [-0.25, -0.2) is 0 Å². The lowest BCUT2D eigenvalue weighted by Gasteiger charge is -2.52. The van der Waals surface area contributed by atoms with Crippen LogP contribution in [0.5, 0.6) is 0 Å². The Morgan fingerprint density at radius 1 is 0.722 bits per heavy atom. The van der Waals surface area contributed by atoms with Gasteiger partial charge in [-0.3, -0.25) is 0 Å². The van der Waals surface area contributed by atoms with Crippen LogP contribution in [-0.2, 0) is 4.74 Å². The van der Waals surface area contributed by atoms with Crippen molar-refractivity contribution in [3.63, 3.8) is 0 Å². The van der Waals surface area contributed by atoms with Gasteiger partial charge in [-0.1, -0.05) is 26.2 Å². The molecule has 0 radical (unpaired) electrons. The Morgan fingerprint density at radius 3 is 1.67 bits per heavy atom. The number of alkyl halides is 7. The van der Waals surface area contributed by atoms with E-state index in [1.165, 1.54) is 0 Å². The van der Waals surface area contributed by atoms with Crippen molar-refractivity contribution in [3.8, 4) is 0 Å². The van der Waals surface area contributed by atoms with E-state index in [1.807, 2.05) is 6.92 Å². The highest BCUT2D eigenvalue weighted by atomic mass is 19.4. The van der Waals surface area contributed by atoms with Gasteiger partial charge < -0.3 is 4.74 Å². The van der Waals surface area contributed by atoms with Crippen LogP contribution in [0.4, 0.5) is 30.7 Å². The van der Waals surface area contributed by atoms with Crippen LogP contribution in [-0.4, -0.2) is 30.2 Å². The summed E-state index contributed by atoms with van der Waals surface area (Å²) in [6, 6.07) is 0. The SMILES string of the molecule is CCCCCCOC1(F)C(F)(F)C(F)(F)C1(F)F. The van der Waals surface area contributed by atoms with E-state index in [2.05, 4.69) is 4.74 Å². The molecule has 0 bridgehead atoms. The normalized spacial score (nSPS) is 26.7. The number of hydrogen-bond donors (Lipinski definition) is 0. The Balaban J connectivity index is 2.63. The topological polar surface area (TPSA) is 9.23 Å². The van der Waals surface area contributed by atoms with Crippen molar-refractivity contribution >= 4 is 0 Å². The number of rotatable bonds is 6. The molecule has 0 aliphatic heterocycles. The predicted octanol–water partition coefficient (Wildman–Crippen LogP) is 4.17. The lowest BCUT2D eigenvalue weighted by atomic mass is 9.78. The molecule has 0 atom stereocenters. The number of ether oxygens (including phenoxy) is 1. The molecule has 0 unspecified atom stereocenters. The van der Waals surface area contributed by atoms with Gasteiger partial charge >= 0.3 is 23.6 Å². The summed E-state index contributed by atoms with van der Waals surface area (Å²) in [6.07, 6.45) is 1.98. The van der Waals surface area contributed by atoms with Crippen LogP contribution in [0.15, 0.2) is 0 Å². The van der Waals surface area contributed by atoms with Gasteiger partial charge in [-0.2, -0.15) is 30.7 Å². The molecule has 0 spiro atoms. The summed E-state index contributed by atoms with van der Waals surface area (Å²) in [6.45, 7) is 1.09. The second-order valence-corrected chi connectivity index (χ2v) is 4.23. The van der Waals surface area contributed by atoms with Gasteiger partial charge in [0.25, 0.3) is 0 Å². The summed E-state index contributed by atoms with van der Waals surface area (Å²) < 4.78 is 92.6. The van der Waals surface area contributed by atoms with Crippen LogP contribution in [0.1, 0.15) is 32.6 Å². The van der Waals surface area contributed by atoms with E-state index >= 15 is 0 Å². The van der Waals surface area contributed by atoms with E-state index in [0.29, 0.717) is 12.8 Å². The highest BCUT2D eigenvalue weighted by Crippen LogP contribution is 2.68. The maximum absolute atomic E-state index is 13.3. The van der Waals surface area contributed by atoms with Gasteiger partial charge in [-0.15, -0.1) is 0 Å². The van der Waals surface area contributed by atoms with E-state index < -0.39 is 30.2 Å². The third-order valence-corrected chi connectivity index (χ3v) is 2.90. The quantitative estimate of drug-likeness (QED) is 0.525. The van der Waals surface area contributed by atoms with E-state index in [9.17, 15) is 30.7 Å². The smallest absolute Gasteiger partial charge is 0.336 e. The van der Waals surface area contributed by atoms with Crippen molar-refractivity contribution in [2.45, 2.75) is 56.2 Å². The minimum atomic E-state index is -5.72. The van der Waals surface area contributed by atoms with Crippen LogP contribution in [0, 0.1) is 0 Å². The van der Waals surface area contributed by atoms with Gasteiger partial charge in [0.1, 0.15) is 0 Å². The van der Waals surface area contributed by atoms with Crippen molar-refractivity contribution in [2.75, 3.05) is 6.61 Å². The molecule has 0 amide bonds. The molecule has 1 aliphatic rings. The molecule has 8 heteroatoms. The lowest BCUT2D eigenvalue weighted by molar-refractivity contribution is -0.532. The molecule has 1 nitrogen and oxygen atoms in total. The molecule has 0 N–H and O–H groups in total. The Hall–Kier alpha value is -0.530. The molecule has 1 fully saturated rings. The molecular formula is C10H13F7O. The molecule has 0 heterocycles. The van der Waals surface area contributed by atoms with Crippen molar-refractivity contribution in [1.29, 1.82) is 0 Å². The molecule has 1 aliphatic carbocycles. The minimum Gasteiger partial charge on any atom is -0.336 e. The van der Waals surface area contributed by atoms with Crippen molar-refractivity contribution in [3.05, 3.63) is 0 Å². The molecule has 0 saturated heterocycles. The van der Waals surface area contributed by atoms with Crippen molar-refractivity contribution in [1.82, 2.24) is 0 Å². The minimum absolute atomic E-state index is 0.0528. The molecule has 1 rings (SSSR count). The van der Waals surface area contributed by atoms with Gasteiger partial charge in [0.2, 0.25) is 0 Å². The Bertz CT molecular complexity index is 285. The number of halogens is 7. The predicted molar refractivity (Wildman–Crippen MR) is 48.8 cm³/mol. The third-order valence-electron chi connectivity index (χ3n) is 2.90. The average Bonchev–Trinajstić information content (AvgIpc) is 2.26. The summed E-state index contributed by atoms with van der Waals surface area (Å²) in [5.41, 5.74) is 0. The van der Waals surface area contributed by atoms with E-state index in [4.69, 9.17) is 0 Å². The van der Waals surface area contributed by atoms with Crippen LogP contribution in [0.25, 0.3) is 0 Å². The molecular weight excluding hydrogens is 269 g/mol. The second-order valence-electron chi connectivity index (χ2n) is 4.23. The molecule has 1 saturated carbocycles. The highest BCUT2D eigenvalue weighted by Gasteiger charge is 3.01. The number of hydrogen-bond acceptors (Lipinski definition) is 1. The monoisotopic (exact) mass is 282 g/mol. The average molecular weight is 282 g/mol. The lowest BCUT2D eigenvalue weighted by Crippen LogP contribution is -2.85. The summed E-state index contributed by atoms with van der Waals surface area (Å²) in [5, 5.41) is 0. The van der Waals surface area contributed by atoms with Crippen LogP contribution in [0.2, 0.25) is 0 Å². The summed E-state index contributed by atoms with van der Waals surface area (Å²) in [5.74, 6) is -21.7. The van der Waals surface area contributed by atoms with E-state index in [1.54, 1.807) is 0 Å². The summed E-state index contributed by atoms with van der Waals surface area (Å²) in [4.78, 5) is 0. The highest BCUT2D eigenvalue weighted by molar-refractivity contribution is 5.23. The molecule has 108 valence electrons. The summed E-state index contributed by atoms with van der Waals surface area (Å²) >= 11 is 0. The molecule has 18 heavy (non-hydrogen) atoms. The zero-order valence-corrected chi connectivity index (χ0v) is 9.59. The second kappa shape index (κ2) is 4.54. The largest absolute Gasteiger partial charge is 0.384 e. The first kappa shape index (κ1) is 15.5. The van der Waals surface area contributed by atoms with Gasteiger partial charge in [-0.05, 0) is 6.42 Å². The fourth-order valence-corrected chi connectivity index (χ4v) is 1.66. The third kappa shape index (κ3) is 1.71.